The number of carbonyl (C=O) groups is 1. The fraction of sp³-hybridized carbons (Fsp3) is 0.118. The lowest BCUT2D eigenvalue weighted by Crippen LogP contribution is -2.13. The maximum atomic E-state index is 12.4. The normalized spacial score (nSPS) is 10.3. The number of pyridine rings is 1. The van der Waals surface area contributed by atoms with Crippen molar-refractivity contribution in [2.45, 2.75) is 6.92 Å². The zero-order valence-corrected chi connectivity index (χ0v) is 13.6. The number of rotatable bonds is 4. The van der Waals surface area contributed by atoms with Crippen LogP contribution in [0.15, 0.2) is 48.0 Å². The molecule has 116 valence electrons. The summed E-state index contributed by atoms with van der Waals surface area (Å²) in [7, 11) is 1.49. The second-order valence-electron chi connectivity index (χ2n) is 4.85. The summed E-state index contributed by atoms with van der Waals surface area (Å²) in [5.41, 5.74) is 2.96. The Morgan fingerprint density at radius 3 is 2.87 bits per heavy atom. The van der Waals surface area contributed by atoms with Gasteiger partial charge in [0, 0.05) is 22.8 Å². The van der Waals surface area contributed by atoms with Gasteiger partial charge in [0.15, 0.2) is 0 Å². The van der Waals surface area contributed by atoms with Crippen LogP contribution in [0.3, 0.4) is 0 Å². The Hall–Kier alpha value is -2.73. The van der Waals surface area contributed by atoms with Crippen molar-refractivity contribution in [1.82, 2.24) is 9.97 Å². The molecule has 3 rings (SSSR count). The number of amides is 1. The molecule has 2 heterocycles. The third-order valence-corrected chi connectivity index (χ3v) is 4.02. The SMILES string of the molecule is COc1ncccc1C(=O)Nc1cccc(-c2csc(C)n2)c1. The van der Waals surface area contributed by atoms with E-state index in [1.54, 1.807) is 29.7 Å². The average molecular weight is 325 g/mol. The molecule has 1 amide bonds. The van der Waals surface area contributed by atoms with Gasteiger partial charge >= 0.3 is 0 Å². The first-order valence-corrected chi connectivity index (χ1v) is 7.88. The lowest BCUT2D eigenvalue weighted by atomic mass is 10.1. The monoisotopic (exact) mass is 325 g/mol. The van der Waals surface area contributed by atoms with Gasteiger partial charge in [-0.3, -0.25) is 4.79 Å². The van der Waals surface area contributed by atoms with Crippen LogP contribution in [0.1, 0.15) is 15.4 Å². The van der Waals surface area contributed by atoms with Crippen molar-refractivity contribution < 1.29 is 9.53 Å². The minimum Gasteiger partial charge on any atom is -0.480 e. The molecular formula is C17H15N3O2S. The molecule has 6 heteroatoms. The van der Waals surface area contributed by atoms with E-state index in [9.17, 15) is 4.79 Å². The molecule has 0 saturated carbocycles. The minimum absolute atomic E-state index is 0.262. The number of nitrogens with zero attached hydrogens (tertiary/aromatic N) is 2. The van der Waals surface area contributed by atoms with Gasteiger partial charge in [0.25, 0.3) is 5.91 Å². The largest absolute Gasteiger partial charge is 0.480 e. The summed E-state index contributed by atoms with van der Waals surface area (Å²) in [5, 5.41) is 5.88. The van der Waals surface area contributed by atoms with E-state index in [0.717, 1.165) is 16.3 Å². The molecule has 0 unspecified atom stereocenters. The molecule has 3 aromatic rings. The lowest BCUT2D eigenvalue weighted by Gasteiger charge is -2.09. The number of anilines is 1. The van der Waals surface area contributed by atoms with Crippen molar-refractivity contribution in [3.8, 4) is 17.1 Å². The summed E-state index contributed by atoms with van der Waals surface area (Å²) in [6.07, 6.45) is 1.58. The third-order valence-electron chi connectivity index (χ3n) is 3.24. The maximum absolute atomic E-state index is 12.4. The number of hydrogen-bond donors (Lipinski definition) is 1. The van der Waals surface area contributed by atoms with Gasteiger partial charge in [-0.25, -0.2) is 9.97 Å². The van der Waals surface area contributed by atoms with Crippen molar-refractivity contribution in [2.24, 2.45) is 0 Å². The highest BCUT2D eigenvalue weighted by atomic mass is 32.1. The molecule has 0 radical (unpaired) electrons. The molecular weight excluding hydrogens is 310 g/mol. The van der Waals surface area contributed by atoms with Crippen LogP contribution in [-0.2, 0) is 0 Å². The van der Waals surface area contributed by atoms with Crippen molar-refractivity contribution in [1.29, 1.82) is 0 Å². The lowest BCUT2D eigenvalue weighted by molar-refractivity contribution is 0.102. The fourth-order valence-corrected chi connectivity index (χ4v) is 2.80. The Balaban J connectivity index is 1.84. The van der Waals surface area contributed by atoms with Crippen LogP contribution < -0.4 is 10.1 Å². The molecule has 0 saturated heterocycles. The molecule has 5 nitrogen and oxygen atoms in total. The maximum Gasteiger partial charge on any atom is 0.261 e. The predicted octanol–water partition coefficient (Wildman–Crippen LogP) is 3.77. The van der Waals surface area contributed by atoms with Crippen LogP contribution in [0.2, 0.25) is 0 Å². The Morgan fingerprint density at radius 2 is 2.13 bits per heavy atom. The number of nitrogens with one attached hydrogen (secondary N) is 1. The van der Waals surface area contributed by atoms with Gasteiger partial charge in [-0.1, -0.05) is 12.1 Å². The molecule has 1 aromatic carbocycles. The summed E-state index contributed by atoms with van der Waals surface area (Å²) < 4.78 is 5.12. The second kappa shape index (κ2) is 6.58. The first kappa shape index (κ1) is 15.2. The third kappa shape index (κ3) is 3.37. The minimum atomic E-state index is -0.262. The highest BCUT2D eigenvalue weighted by molar-refractivity contribution is 7.09. The number of aromatic nitrogens is 2. The average Bonchev–Trinajstić information content (AvgIpc) is 3.01. The number of hydrogen-bond acceptors (Lipinski definition) is 5. The van der Waals surface area contributed by atoms with E-state index < -0.39 is 0 Å². The summed E-state index contributed by atoms with van der Waals surface area (Å²) in [4.78, 5) is 20.9. The van der Waals surface area contributed by atoms with Crippen molar-refractivity contribution >= 4 is 22.9 Å². The van der Waals surface area contributed by atoms with Gasteiger partial charge in [0.05, 0.1) is 17.8 Å². The van der Waals surface area contributed by atoms with Crippen LogP contribution in [0, 0.1) is 6.92 Å². The van der Waals surface area contributed by atoms with Crippen molar-refractivity contribution in [3.63, 3.8) is 0 Å². The van der Waals surface area contributed by atoms with Gasteiger partial charge in [-0.05, 0) is 31.2 Å². The van der Waals surface area contributed by atoms with E-state index in [4.69, 9.17) is 4.74 Å². The van der Waals surface area contributed by atoms with Gasteiger partial charge in [-0.15, -0.1) is 11.3 Å². The van der Waals surface area contributed by atoms with E-state index in [1.807, 2.05) is 36.6 Å². The number of aryl methyl sites for hydroxylation is 1. The molecule has 0 fully saturated rings. The first-order chi connectivity index (χ1) is 11.2. The number of carbonyl (C=O) groups excluding carboxylic acids is 1. The number of ether oxygens (including phenoxy) is 1. The van der Waals surface area contributed by atoms with E-state index in [1.165, 1.54) is 7.11 Å². The van der Waals surface area contributed by atoms with Crippen LogP contribution in [0.5, 0.6) is 5.88 Å². The van der Waals surface area contributed by atoms with Gasteiger partial charge in [-0.2, -0.15) is 0 Å². The number of methoxy groups -OCH3 is 1. The molecule has 1 N–H and O–H groups in total. The Bertz CT molecular complexity index is 845. The first-order valence-electron chi connectivity index (χ1n) is 7.00. The van der Waals surface area contributed by atoms with Crippen LogP contribution >= 0.6 is 11.3 Å². The summed E-state index contributed by atoms with van der Waals surface area (Å²) in [6.45, 7) is 1.97. The molecule has 0 aliphatic carbocycles. The Morgan fingerprint density at radius 1 is 1.26 bits per heavy atom. The van der Waals surface area contributed by atoms with Crippen LogP contribution in [0.25, 0.3) is 11.3 Å². The van der Waals surface area contributed by atoms with Crippen molar-refractivity contribution in [2.75, 3.05) is 12.4 Å². The zero-order chi connectivity index (χ0) is 16.2. The Labute approximate surface area is 138 Å². The van der Waals surface area contributed by atoms with E-state index in [2.05, 4.69) is 15.3 Å². The predicted molar refractivity (Wildman–Crippen MR) is 91.0 cm³/mol. The molecule has 0 spiro atoms. The van der Waals surface area contributed by atoms with Crippen molar-refractivity contribution in [3.05, 3.63) is 58.5 Å². The smallest absolute Gasteiger partial charge is 0.261 e. The number of benzene rings is 1. The van der Waals surface area contributed by atoms with E-state index in [-0.39, 0.29) is 5.91 Å². The highest BCUT2D eigenvalue weighted by Crippen LogP contribution is 2.25. The van der Waals surface area contributed by atoms with Gasteiger partial charge < -0.3 is 10.1 Å². The molecule has 23 heavy (non-hydrogen) atoms. The number of thiazole rings is 1. The van der Waals surface area contributed by atoms with E-state index >= 15 is 0 Å². The quantitative estimate of drug-likeness (QED) is 0.793. The molecule has 0 bridgehead atoms. The molecule has 0 aliphatic rings. The van der Waals surface area contributed by atoms with Gasteiger partial charge in [0.2, 0.25) is 5.88 Å². The van der Waals surface area contributed by atoms with Crippen LogP contribution in [-0.4, -0.2) is 23.0 Å². The summed E-state index contributed by atoms with van der Waals surface area (Å²) in [6, 6.07) is 11.0. The molecule has 2 aromatic heterocycles. The standard InChI is InChI=1S/C17H15N3O2S/c1-11-19-15(10-23-11)12-5-3-6-13(9-12)20-16(21)14-7-4-8-18-17(14)22-2/h3-10H,1-2H3,(H,20,21). The second-order valence-corrected chi connectivity index (χ2v) is 5.91. The summed E-state index contributed by atoms with van der Waals surface area (Å²) >= 11 is 1.60. The molecule has 0 atom stereocenters. The van der Waals surface area contributed by atoms with Gasteiger partial charge in [0.1, 0.15) is 5.56 Å². The molecule has 0 aliphatic heterocycles. The fourth-order valence-electron chi connectivity index (χ4n) is 2.18. The topological polar surface area (TPSA) is 64.1 Å². The zero-order valence-electron chi connectivity index (χ0n) is 12.7. The van der Waals surface area contributed by atoms with E-state index in [0.29, 0.717) is 17.1 Å². The Kier molecular flexibility index (Phi) is 4.34. The highest BCUT2D eigenvalue weighted by Gasteiger charge is 2.13. The van der Waals surface area contributed by atoms with Crippen LogP contribution in [0.4, 0.5) is 5.69 Å². The summed E-state index contributed by atoms with van der Waals surface area (Å²) in [5.74, 6) is 0.0397.